The molecule has 2 nitrogen and oxygen atoms in total. The maximum absolute atomic E-state index is 7.62. The highest BCUT2D eigenvalue weighted by Crippen LogP contribution is 2.75. The number of nitrogens with one attached hydrogen (secondary N) is 1. The second kappa shape index (κ2) is 2.47. The average molecular weight is 205 g/mol. The van der Waals surface area contributed by atoms with Crippen LogP contribution in [0.4, 0.5) is 0 Å². The van der Waals surface area contributed by atoms with Gasteiger partial charge in [-0.25, -0.2) is 0 Å². The van der Waals surface area contributed by atoms with Crippen LogP contribution < -0.4 is 0 Å². The topological polar surface area (TPSA) is 33.1 Å². The van der Waals surface area contributed by atoms with Crippen LogP contribution in [0.5, 0.6) is 0 Å². The molecule has 3 fully saturated rings. The minimum atomic E-state index is 0.0230. The first kappa shape index (κ1) is 9.44. The van der Waals surface area contributed by atoms with Crippen LogP contribution in [0.2, 0.25) is 0 Å². The number of hydrogen-bond donors (Lipinski definition) is 1. The van der Waals surface area contributed by atoms with E-state index in [9.17, 15) is 0 Å². The molecule has 3 saturated carbocycles. The number of fused-ring (bicyclic) bond motifs is 1. The van der Waals surface area contributed by atoms with E-state index in [1.165, 1.54) is 25.7 Å². The van der Waals surface area contributed by atoms with Gasteiger partial charge in [0.05, 0.1) is 6.26 Å². The fourth-order valence-corrected chi connectivity index (χ4v) is 4.53. The largest absolute Gasteiger partial charge is 0.495 e. The molecule has 0 aromatic carbocycles. The molecule has 82 valence electrons. The van der Waals surface area contributed by atoms with Gasteiger partial charge < -0.3 is 10.1 Å². The normalized spacial score (nSPS) is 55.7. The Kier molecular flexibility index (Phi) is 1.56. The summed E-state index contributed by atoms with van der Waals surface area (Å²) in [5.41, 5.74) is 0.620. The van der Waals surface area contributed by atoms with Gasteiger partial charge in [0.2, 0.25) is 0 Å². The second-order valence-corrected chi connectivity index (χ2v) is 6.26. The summed E-state index contributed by atoms with van der Waals surface area (Å²) >= 11 is 0. The summed E-state index contributed by atoms with van der Waals surface area (Å²) in [6.45, 7) is 5.91. The van der Waals surface area contributed by atoms with Crippen LogP contribution >= 0.6 is 0 Å². The number of hydrogen-bond acceptors (Lipinski definition) is 2. The fraction of sp³-hybridized carbons (Fsp3) is 0.769. The van der Waals surface area contributed by atoms with Crippen molar-refractivity contribution in [2.45, 2.75) is 44.6 Å². The summed E-state index contributed by atoms with van der Waals surface area (Å²) in [6.07, 6.45) is 9.25. The molecule has 15 heavy (non-hydrogen) atoms. The first-order valence-electron chi connectivity index (χ1n) is 5.86. The summed E-state index contributed by atoms with van der Waals surface area (Å²) in [7, 11) is 0. The van der Waals surface area contributed by atoms with Gasteiger partial charge >= 0.3 is 0 Å². The van der Waals surface area contributed by atoms with Crippen molar-refractivity contribution < 1.29 is 4.74 Å². The molecule has 0 aromatic rings. The Hall–Kier alpha value is -0.790. The zero-order valence-corrected chi connectivity index (χ0v) is 9.38. The molecule has 0 saturated heterocycles. The van der Waals surface area contributed by atoms with E-state index in [0.29, 0.717) is 5.41 Å². The van der Waals surface area contributed by atoms with Crippen molar-refractivity contribution in [2.75, 3.05) is 0 Å². The Morgan fingerprint density at radius 3 is 2.80 bits per heavy atom. The van der Waals surface area contributed by atoms with Crippen LogP contribution in [0, 0.1) is 22.2 Å². The molecule has 2 bridgehead atoms. The third-order valence-electron chi connectivity index (χ3n) is 4.82. The lowest BCUT2D eigenvalue weighted by molar-refractivity contribution is -0.0414. The molecule has 4 atom stereocenters. The van der Waals surface area contributed by atoms with Crippen LogP contribution in [0.1, 0.15) is 39.0 Å². The molecule has 0 aromatic heterocycles. The van der Waals surface area contributed by atoms with Crippen LogP contribution in [0.15, 0.2) is 12.8 Å². The molecule has 0 radical (unpaired) electrons. The van der Waals surface area contributed by atoms with Crippen molar-refractivity contribution in [1.29, 1.82) is 5.41 Å². The van der Waals surface area contributed by atoms with Gasteiger partial charge in [-0.3, -0.25) is 0 Å². The van der Waals surface area contributed by atoms with E-state index in [-0.39, 0.29) is 11.0 Å². The Balaban J connectivity index is 1.93. The van der Waals surface area contributed by atoms with Crippen molar-refractivity contribution in [3.05, 3.63) is 12.8 Å². The highest BCUT2D eigenvalue weighted by atomic mass is 16.5. The molecule has 3 aliphatic carbocycles. The van der Waals surface area contributed by atoms with Gasteiger partial charge in [-0.2, -0.15) is 0 Å². The van der Waals surface area contributed by atoms with Gasteiger partial charge in [-0.05, 0) is 43.4 Å². The Morgan fingerprint density at radius 2 is 2.13 bits per heavy atom. The molecule has 4 unspecified atom stereocenters. The molecule has 3 aliphatic rings. The smallest absolute Gasteiger partial charge is 0.110 e. The summed E-state index contributed by atoms with van der Waals surface area (Å²) in [6, 6.07) is 0. The Labute approximate surface area is 91.2 Å². The average Bonchev–Trinajstić information content (AvgIpc) is 2.69. The summed E-state index contributed by atoms with van der Waals surface area (Å²) < 4.78 is 5.81. The number of rotatable bonds is 3. The van der Waals surface area contributed by atoms with Crippen molar-refractivity contribution in [2.24, 2.45) is 16.7 Å². The Bertz CT molecular complexity index is 339. The van der Waals surface area contributed by atoms with Gasteiger partial charge in [0.25, 0.3) is 0 Å². The summed E-state index contributed by atoms with van der Waals surface area (Å²) in [5, 5.41) is 7.62. The van der Waals surface area contributed by atoms with Gasteiger partial charge in [-0.1, -0.05) is 13.5 Å². The zero-order valence-electron chi connectivity index (χ0n) is 9.38. The molecule has 1 N–H and O–H groups in total. The molecule has 3 rings (SSSR count). The molecule has 0 aliphatic heterocycles. The molecular weight excluding hydrogens is 186 g/mol. The standard InChI is InChI=1S/C13H19NO/c1-3-15-13-5-10-4-12(10,8-13)6-11(2,7-13)9-14/h3,9-10,14H,1,4-8H2,2H3. The molecule has 1 spiro atoms. The minimum Gasteiger partial charge on any atom is -0.495 e. The minimum absolute atomic E-state index is 0.0230. The van der Waals surface area contributed by atoms with Crippen molar-refractivity contribution in [3.63, 3.8) is 0 Å². The second-order valence-electron chi connectivity index (χ2n) is 6.26. The highest BCUT2D eigenvalue weighted by Gasteiger charge is 2.71. The van der Waals surface area contributed by atoms with Crippen LogP contribution in [-0.4, -0.2) is 11.8 Å². The predicted octanol–water partition coefficient (Wildman–Crippen LogP) is 3.14. The fourth-order valence-electron chi connectivity index (χ4n) is 4.53. The van der Waals surface area contributed by atoms with E-state index < -0.39 is 0 Å². The lowest BCUT2D eigenvalue weighted by atomic mass is 9.66. The molecule has 0 heterocycles. The van der Waals surface area contributed by atoms with Gasteiger partial charge in [0.1, 0.15) is 5.60 Å². The van der Waals surface area contributed by atoms with Crippen molar-refractivity contribution in [1.82, 2.24) is 0 Å². The maximum atomic E-state index is 7.62. The number of ether oxygens (including phenoxy) is 1. The maximum Gasteiger partial charge on any atom is 0.110 e. The summed E-state index contributed by atoms with van der Waals surface area (Å²) in [5.74, 6) is 0.874. The van der Waals surface area contributed by atoms with Gasteiger partial charge in [0, 0.05) is 11.6 Å². The quantitative estimate of drug-likeness (QED) is 0.557. The third-order valence-corrected chi connectivity index (χ3v) is 4.82. The van der Waals surface area contributed by atoms with Gasteiger partial charge in [-0.15, -0.1) is 0 Å². The molecule has 0 amide bonds. The van der Waals surface area contributed by atoms with E-state index in [1.807, 2.05) is 0 Å². The first-order valence-corrected chi connectivity index (χ1v) is 5.86. The van der Waals surface area contributed by atoms with Crippen LogP contribution in [-0.2, 0) is 4.74 Å². The van der Waals surface area contributed by atoms with E-state index in [0.717, 1.165) is 12.3 Å². The van der Waals surface area contributed by atoms with E-state index in [4.69, 9.17) is 10.1 Å². The van der Waals surface area contributed by atoms with E-state index >= 15 is 0 Å². The van der Waals surface area contributed by atoms with Gasteiger partial charge in [0.15, 0.2) is 0 Å². The van der Waals surface area contributed by atoms with E-state index in [2.05, 4.69) is 13.5 Å². The van der Waals surface area contributed by atoms with Crippen LogP contribution in [0.3, 0.4) is 0 Å². The zero-order chi connectivity index (χ0) is 10.7. The third kappa shape index (κ3) is 1.14. The summed E-state index contributed by atoms with van der Waals surface area (Å²) in [4.78, 5) is 0. The Morgan fingerprint density at radius 1 is 1.33 bits per heavy atom. The molecule has 2 heteroatoms. The lowest BCUT2D eigenvalue weighted by Crippen LogP contribution is -2.42. The van der Waals surface area contributed by atoms with Crippen LogP contribution in [0.25, 0.3) is 0 Å². The monoisotopic (exact) mass is 205 g/mol. The SMILES string of the molecule is C=COC12CC3CC3(CC(C)(C=N)C1)C2. The first-order chi connectivity index (χ1) is 7.05. The van der Waals surface area contributed by atoms with Crippen molar-refractivity contribution in [3.8, 4) is 0 Å². The molecular formula is C13H19NO. The predicted molar refractivity (Wildman–Crippen MR) is 59.9 cm³/mol. The lowest BCUT2D eigenvalue weighted by Gasteiger charge is -2.44. The van der Waals surface area contributed by atoms with E-state index in [1.54, 1.807) is 12.5 Å². The highest BCUT2D eigenvalue weighted by molar-refractivity contribution is 5.63. The van der Waals surface area contributed by atoms with Crippen molar-refractivity contribution >= 4 is 6.21 Å².